The van der Waals surface area contributed by atoms with E-state index in [1.165, 1.54) is 58.8 Å². The van der Waals surface area contributed by atoms with Crippen molar-refractivity contribution in [3.8, 4) is 23.0 Å². The summed E-state index contributed by atoms with van der Waals surface area (Å²) >= 11 is 5.94. The van der Waals surface area contributed by atoms with Crippen molar-refractivity contribution in [3.05, 3.63) is 70.5 Å². The Kier molecular flexibility index (Phi) is 7.90. The van der Waals surface area contributed by atoms with Crippen molar-refractivity contribution in [1.29, 1.82) is 0 Å². The summed E-state index contributed by atoms with van der Waals surface area (Å²) in [5.74, 6) is 0.342. The second-order valence-corrected chi connectivity index (χ2v) is 9.02. The van der Waals surface area contributed by atoms with E-state index in [-0.39, 0.29) is 21.4 Å². The van der Waals surface area contributed by atoms with Gasteiger partial charge in [0.2, 0.25) is 5.75 Å². The number of hydrogen-bond acceptors (Lipinski definition) is 6. The molecule has 34 heavy (non-hydrogen) atoms. The van der Waals surface area contributed by atoms with E-state index in [0.717, 1.165) is 0 Å². The van der Waals surface area contributed by atoms with Crippen LogP contribution in [-0.2, 0) is 10.0 Å². The molecule has 3 aromatic rings. The van der Waals surface area contributed by atoms with Gasteiger partial charge in [-0.15, -0.1) is 0 Å². The zero-order valence-corrected chi connectivity index (χ0v) is 20.5. The molecule has 0 heterocycles. The molecule has 180 valence electrons. The quantitative estimate of drug-likeness (QED) is 0.386. The molecule has 0 spiro atoms. The SMILES string of the molecule is COc1cc(C=Cc2ccc(F)c(OC)c2NS(=O)(=O)c2cccc(Cl)c2)cc(OC)c1OC. The fourth-order valence-electron chi connectivity index (χ4n) is 3.23. The van der Waals surface area contributed by atoms with E-state index in [4.69, 9.17) is 30.5 Å². The average molecular weight is 508 g/mol. The lowest BCUT2D eigenvalue weighted by Gasteiger charge is -2.16. The maximum absolute atomic E-state index is 14.5. The number of rotatable bonds is 9. The van der Waals surface area contributed by atoms with Crippen LogP contribution < -0.4 is 23.7 Å². The highest BCUT2D eigenvalue weighted by atomic mass is 35.5. The number of anilines is 1. The second-order valence-electron chi connectivity index (χ2n) is 6.90. The molecule has 0 fully saturated rings. The van der Waals surface area contributed by atoms with Crippen molar-refractivity contribution in [1.82, 2.24) is 0 Å². The summed E-state index contributed by atoms with van der Waals surface area (Å²) in [4.78, 5) is -0.0779. The summed E-state index contributed by atoms with van der Waals surface area (Å²) in [5, 5.41) is 0.247. The molecule has 0 saturated carbocycles. The lowest BCUT2D eigenvalue weighted by molar-refractivity contribution is 0.324. The van der Waals surface area contributed by atoms with Crippen molar-refractivity contribution < 1.29 is 31.8 Å². The zero-order chi connectivity index (χ0) is 24.9. The van der Waals surface area contributed by atoms with E-state index in [2.05, 4.69) is 4.72 Å². The van der Waals surface area contributed by atoms with Gasteiger partial charge in [-0.05, 0) is 48.0 Å². The summed E-state index contributed by atoms with van der Waals surface area (Å²) < 4.78 is 64.0. The molecular formula is C24H23ClFNO6S. The first-order valence-electron chi connectivity index (χ1n) is 9.87. The molecule has 0 saturated heterocycles. The van der Waals surface area contributed by atoms with Crippen LogP contribution in [0.4, 0.5) is 10.1 Å². The van der Waals surface area contributed by atoms with Gasteiger partial charge in [0.15, 0.2) is 23.1 Å². The molecule has 0 amide bonds. The minimum atomic E-state index is -4.09. The highest BCUT2D eigenvalue weighted by molar-refractivity contribution is 7.92. The smallest absolute Gasteiger partial charge is 0.262 e. The first-order valence-corrected chi connectivity index (χ1v) is 11.7. The Morgan fingerprint density at radius 2 is 1.50 bits per heavy atom. The van der Waals surface area contributed by atoms with Crippen LogP contribution in [0, 0.1) is 5.82 Å². The van der Waals surface area contributed by atoms with Crippen LogP contribution in [0.3, 0.4) is 0 Å². The molecule has 0 bridgehead atoms. The van der Waals surface area contributed by atoms with Crippen molar-refractivity contribution >= 4 is 39.5 Å². The van der Waals surface area contributed by atoms with Crippen LogP contribution in [0.15, 0.2) is 53.4 Å². The first kappa shape index (κ1) is 25.2. The predicted molar refractivity (Wildman–Crippen MR) is 130 cm³/mol. The highest BCUT2D eigenvalue weighted by Gasteiger charge is 2.21. The Morgan fingerprint density at radius 3 is 2.06 bits per heavy atom. The van der Waals surface area contributed by atoms with E-state index >= 15 is 0 Å². The number of hydrogen-bond donors (Lipinski definition) is 1. The highest BCUT2D eigenvalue weighted by Crippen LogP contribution is 2.39. The Bertz CT molecular complexity index is 1300. The normalized spacial score (nSPS) is 11.4. The lowest BCUT2D eigenvalue weighted by atomic mass is 10.1. The van der Waals surface area contributed by atoms with Crippen molar-refractivity contribution in [2.45, 2.75) is 4.90 Å². The Balaban J connectivity index is 2.08. The maximum Gasteiger partial charge on any atom is 0.262 e. The number of halogens is 2. The molecule has 7 nitrogen and oxygen atoms in total. The molecular weight excluding hydrogens is 485 g/mol. The topological polar surface area (TPSA) is 83.1 Å². The van der Waals surface area contributed by atoms with Crippen molar-refractivity contribution in [2.75, 3.05) is 33.2 Å². The van der Waals surface area contributed by atoms with Gasteiger partial charge in [0.1, 0.15) is 5.69 Å². The van der Waals surface area contributed by atoms with Crippen LogP contribution in [0.25, 0.3) is 12.2 Å². The van der Waals surface area contributed by atoms with Gasteiger partial charge in [0, 0.05) is 10.6 Å². The molecule has 0 aromatic heterocycles. The Hall–Kier alpha value is -3.43. The minimum absolute atomic E-state index is 0.0637. The van der Waals surface area contributed by atoms with Gasteiger partial charge in [-0.3, -0.25) is 4.72 Å². The van der Waals surface area contributed by atoms with Crippen LogP contribution >= 0.6 is 11.6 Å². The molecule has 3 aromatic carbocycles. The lowest BCUT2D eigenvalue weighted by Crippen LogP contribution is -2.15. The summed E-state index contributed by atoms with van der Waals surface area (Å²) in [5.41, 5.74) is 0.963. The standard InChI is InChI=1S/C24H23ClFNO6S/c1-30-20-12-15(13-21(31-2)24(20)33-4)8-9-16-10-11-19(26)23(32-3)22(16)27-34(28,29)18-7-5-6-17(25)14-18/h5-14,27H,1-4H3. The molecule has 0 aliphatic carbocycles. The van der Waals surface area contributed by atoms with Crippen LogP contribution in [0.5, 0.6) is 23.0 Å². The molecule has 10 heteroatoms. The second kappa shape index (κ2) is 10.7. The number of nitrogens with one attached hydrogen (secondary N) is 1. The van der Waals surface area contributed by atoms with Gasteiger partial charge in [-0.2, -0.15) is 0 Å². The van der Waals surface area contributed by atoms with Crippen LogP contribution in [-0.4, -0.2) is 36.9 Å². The van der Waals surface area contributed by atoms with Crippen molar-refractivity contribution in [2.24, 2.45) is 0 Å². The molecule has 0 radical (unpaired) electrons. The van der Waals surface area contributed by atoms with Gasteiger partial charge in [0.05, 0.1) is 33.3 Å². The molecule has 3 rings (SSSR count). The van der Waals surface area contributed by atoms with Gasteiger partial charge in [0.25, 0.3) is 10.0 Å². The Morgan fingerprint density at radius 1 is 0.853 bits per heavy atom. The summed E-state index contributed by atoms with van der Waals surface area (Å²) in [7, 11) is 1.66. The predicted octanol–water partition coefficient (Wildman–Crippen LogP) is 5.48. The average Bonchev–Trinajstić information content (AvgIpc) is 2.82. The van der Waals surface area contributed by atoms with E-state index in [0.29, 0.717) is 28.4 Å². The third kappa shape index (κ3) is 5.37. The molecule has 0 unspecified atom stereocenters. The molecule has 0 aliphatic heterocycles. The third-order valence-electron chi connectivity index (χ3n) is 4.83. The van der Waals surface area contributed by atoms with Gasteiger partial charge in [-0.1, -0.05) is 29.8 Å². The Labute approximate surface area is 202 Å². The van der Waals surface area contributed by atoms with E-state index in [1.54, 1.807) is 30.4 Å². The monoisotopic (exact) mass is 507 g/mol. The largest absolute Gasteiger partial charge is 0.493 e. The van der Waals surface area contributed by atoms with E-state index in [9.17, 15) is 12.8 Å². The third-order valence-corrected chi connectivity index (χ3v) is 6.41. The van der Waals surface area contributed by atoms with Crippen LogP contribution in [0.2, 0.25) is 5.02 Å². The maximum atomic E-state index is 14.5. The fourth-order valence-corrected chi connectivity index (χ4v) is 4.62. The minimum Gasteiger partial charge on any atom is -0.493 e. The van der Waals surface area contributed by atoms with Gasteiger partial charge < -0.3 is 18.9 Å². The van der Waals surface area contributed by atoms with Gasteiger partial charge >= 0.3 is 0 Å². The number of benzene rings is 3. The molecule has 0 atom stereocenters. The van der Waals surface area contributed by atoms with E-state index < -0.39 is 15.8 Å². The summed E-state index contributed by atoms with van der Waals surface area (Å²) in [6.45, 7) is 0. The number of sulfonamides is 1. The van der Waals surface area contributed by atoms with Crippen molar-refractivity contribution in [3.63, 3.8) is 0 Å². The zero-order valence-electron chi connectivity index (χ0n) is 18.9. The fraction of sp³-hybridized carbons (Fsp3) is 0.167. The van der Waals surface area contributed by atoms with Gasteiger partial charge in [-0.25, -0.2) is 12.8 Å². The molecule has 0 aliphatic rings. The molecule has 1 N–H and O–H groups in total. The van der Waals surface area contributed by atoms with Crippen LogP contribution in [0.1, 0.15) is 11.1 Å². The first-order chi connectivity index (χ1) is 16.2. The summed E-state index contributed by atoms with van der Waals surface area (Å²) in [6.07, 6.45) is 3.30. The van der Waals surface area contributed by atoms with E-state index in [1.807, 2.05) is 0 Å². The number of ether oxygens (including phenoxy) is 4. The summed E-state index contributed by atoms with van der Waals surface area (Å²) in [6, 6.07) is 11.8. The number of methoxy groups -OCH3 is 4.